The van der Waals surface area contributed by atoms with Crippen molar-refractivity contribution < 1.29 is 4.79 Å². The van der Waals surface area contributed by atoms with Crippen molar-refractivity contribution in [1.29, 1.82) is 0 Å². The van der Waals surface area contributed by atoms with Gasteiger partial charge in [-0.05, 0) is 30.0 Å². The molecule has 0 bridgehead atoms. The van der Waals surface area contributed by atoms with Crippen LogP contribution in [0.15, 0.2) is 54.6 Å². The fraction of sp³-hybridized carbons (Fsp3) is 0.278. The molecule has 2 aromatic rings. The molecule has 0 aliphatic heterocycles. The molecule has 108 valence electrons. The maximum absolute atomic E-state index is 12.2. The van der Waals surface area contributed by atoms with Gasteiger partial charge in [-0.1, -0.05) is 60.1 Å². The molecule has 1 saturated carbocycles. The standard InChI is InChI=1S/C18H18ClNO/c19-17-9-5-4-8-15(17)16(13-6-2-1-3-7-13)12-18(21)20-14-10-11-14/h1-9,14,16H,10-12H2,(H,20,21). The predicted molar refractivity (Wildman–Crippen MR) is 85.5 cm³/mol. The van der Waals surface area contributed by atoms with Crippen LogP contribution >= 0.6 is 11.6 Å². The molecule has 21 heavy (non-hydrogen) atoms. The number of rotatable bonds is 5. The van der Waals surface area contributed by atoms with Crippen molar-refractivity contribution in [3.05, 3.63) is 70.7 Å². The lowest BCUT2D eigenvalue weighted by Crippen LogP contribution is -2.27. The predicted octanol–water partition coefficient (Wildman–Crippen LogP) is 4.14. The third-order valence-electron chi connectivity index (χ3n) is 3.81. The Labute approximate surface area is 130 Å². The summed E-state index contributed by atoms with van der Waals surface area (Å²) in [6.45, 7) is 0. The van der Waals surface area contributed by atoms with Gasteiger partial charge in [0.05, 0.1) is 0 Å². The van der Waals surface area contributed by atoms with Gasteiger partial charge >= 0.3 is 0 Å². The minimum atomic E-state index is -0.00125. The van der Waals surface area contributed by atoms with Crippen molar-refractivity contribution in [1.82, 2.24) is 5.32 Å². The average molecular weight is 300 g/mol. The van der Waals surface area contributed by atoms with E-state index in [-0.39, 0.29) is 11.8 Å². The first kappa shape index (κ1) is 14.2. The van der Waals surface area contributed by atoms with E-state index in [0.29, 0.717) is 17.5 Å². The number of benzene rings is 2. The molecule has 1 aliphatic carbocycles. The van der Waals surface area contributed by atoms with E-state index < -0.39 is 0 Å². The summed E-state index contributed by atoms with van der Waals surface area (Å²) in [6.07, 6.45) is 2.64. The van der Waals surface area contributed by atoms with Crippen molar-refractivity contribution >= 4 is 17.5 Å². The summed E-state index contributed by atoms with van der Waals surface area (Å²) in [5.41, 5.74) is 2.13. The van der Waals surface area contributed by atoms with E-state index in [4.69, 9.17) is 11.6 Å². The maximum atomic E-state index is 12.2. The van der Waals surface area contributed by atoms with Crippen LogP contribution in [-0.2, 0) is 4.79 Å². The number of halogens is 1. The Hall–Kier alpha value is -1.80. The third-order valence-corrected chi connectivity index (χ3v) is 4.16. The first-order valence-electron chi connectivity index (χ1n) is 7.33. The highest BCUT2D eigenvalue weighted by Crippen LogP contribution is 2.33. The van der Waals surface area contributed by atoms with Gasteiger partial charge in [-0.25, -0.2) is 0 Å². The number of carbonyl (C=O) groups excluding carboxylic acids is 1. The summed E-state index contributed by atoms with van der Waals surface area (Å²) in [4.78, 5) is 12.2. The first-order chi connectivity index (χ1) is 10.2. The summed E-state index contributed by atoms with van der Waals surface area (Å²) in [6, 6.07) is 18.2. The van der Waals surface area contributed by atoms with Gasteiger partial charge in [0.1, 0.15) is 0 Å². The van der Waals surface area contributed by atoms with Crippen LogP contribution < -0.4 is 5.32 Å². The Bertz CT molecular complexity index is 622. The largest absolute Gasteiger partial charge is 0.353 e. The second-order valence-electron chi connectivity index (χ2n) is 5.53. The van der Waals surface area contributed by atoms with Crippen molar-refractivity contribution in [2.75, 3.05) is 0 Å². The van der Waals surface area contributed by atoms with E-state index >= 15 is 0 Å². The van der Waals surface area contributed by atoms with Gasteiger partial charge in [0.25, 0.3) is 0 Å². The normalized spacial score (nSPS) is 15.5. The number of carbonyl (C=O) groups is 1. The van der Waals surface area contributed by atoms with Gasteiger partial charge in [-0.3, -0.25) is 4.79 Å². The van der Waals surface area contributed by atoms with E-state index in [1.54, 1.807) is 0 Å². The second-order valence-corrected chi connectivity index (χ2v) is 5.94. The van der Waals surface area contributed by atoms with E-state index in [1.165, 1.54) is 0 Å². The molecule has 1 aliphatic rings. The summed E-state index contributed by atoms with van der Waals surface area (Å²) < 4.78 is 0. The van der Waals surface area contributed by atoms with E-state index in [9.17, 15) is 4.79 Å². The van der Waals surface area contributed by atoms with Gasteiger partial charge in [0, 0.05) is 23.4 Å². The highest BCUT2D eigenvalue weighted by molar-refractivity contribution is 6.31. The van der Waals surface area contributed by atoms with Gasteiger partial charge in [-0.15, -0.1) is 0 Å². The molecule has 3 rings (SSSR count). The van der Waals surface area contributed by atoms with Crippen LogP contribution in [0.25, 0.3) is 0 Å². The second kappa shape index (κ2) is 6.31. The Balaban J connectivity index is 1.87. The fourth-order valence-corrected chi connectivity index (χ4v) is 2.82. The molecule has 1 fully saturated rings. The lowest BCUT2D eigenvalue weighted by Gasteiger charge is -2.19. The Morgan fingerprint density at radius 1 is 1.10 bits per heavy atom. The zero-order valence-corrected chi connectivity index (χ0v) is 12.5. The summed E-state index contributed by atoms with van der Waals surface area (Å²) >= 11 is 6.34. The van der Waals surface area contributed by atoms with Gasteiger partial charge in [0.2, 0.25) is 5.91 Å². The number of hydrogen-bond donors (Lipinski definition) is 1. The van der Waals surface area contributed by atoms with Gasteiger partial charge in [-0.2, -0.15) is 0 Å². The van der Waals surface area contributed by atoms with Crippen LogP contribution in [0.1, 0.15) is 36.3 Å². The molecule has 0 spiro atoms. The molecular weight excluding hydrogens is 282 g/mol. The number of amides is 1. The molecule has 0 radical (unpaired) electrons. The quantitative estimate of drug-likeness (QED) is 0.883. The monoisotopic (exact) mass is 299 g/mol. The molecule has 1 N–H and O–H groups in total. The smallest absolute Gasteiger partial charge is 0.221 e. The molecule has 0 heterocycles. The molecule has 2 aromatic carbocycles. The van der Waals surface area contributed by atoms with E-state index in [2.05, 4.69) is 17.4 Å². The van der Waals surface area contributed by atoms with Crippen molar-refractivity contribution in [3.63, 3.8) is 0 Å². The summed E-state index contributed by atoms with van der Waals surface area (Å²) in [7, 11) is 0. The number of nitrogens with one attached hydrogen (secondary N) is 1. The van der Waals surface area contributed by atoms with Crippen LogP contribution in [0.4, 0.5) is 0 Å². The van der Waals surface area contributed by atoms with Gasteiger partial charge in [0.15, 0.2) is 0 Å². The molecule has 1 unspecified atom stereocenters. The highest BCUT2D eigenvalue weighted by Gasteiger charge is 2.26. The van der Waals surface area contributed by atoms with Crippen LogP contribution in [0.2, 0.25) is 5.02 Å². The minimum absolute atomic E-state index is 0.00125. The molecule has 0 saturated heterocycles. The topological polar surface area (TPSA) is 29.1 Å². The lowest BCUT2D eigenvalue weighted by molar-refractivity contribution is -0.121. The summed E-state index contributed by atoms with van der Waals surface area (Å²) in [5, 5.41) is 3.77. The van der Waals surface area contributed by atoms with Crippen LogP contribution in [0.3, 0.4) is 0 Å². The fourth-order valence-electron chi connectivity index (χ4n) is 2.55. The highest BCUT2D eigenvalue weighted by atomic mass is 35.5. The van der Waals surface area contributed by atoms with Gasteiger partial charge < -0.3 is 5.32 Å². The molecule has 1 amide bonds. The molecule has 1 atom stereocenters. The summed E-state index contributed by atoms with van der Waals surface area (Å²) in [5.74, 6) is 0.102. The molecule has 0 aromatic heterocycles. The Morgan fingerprint density at radius 2 is 1.76 bits per heavy atom. The molecular formula is C18H18ClNO. The first-order valence-corrected chi connectivity index (χ1v) is 7.70. The van der Waals surface area contributed by atoms with E-state index in [0.717, 1.165) is 24.0 Å². The Kier molecular flexibility index (Phi) is 4.26. The minimum Gasteiger partial charge on any atom is -0.353 e. The van der Waals surface area contributed by atoms with E-state index in [1.807, 2.05) is 42.5 Å². The van der Waals surface area contributed by atoms with Crippen molar-refractivity contribution in [2.45, 2.75) is 31.2 Å². The number of hydrogen-bond acceptors (Lipinski definition) is 1. The SMILES string of the molecule is O=C(CC(c1ccccc1)c1ccccc1Cl)NC1CC1. The average Bonchev–Trinajstić information content (AvgIpc) is 3.30. The zero-order chi connectivity index (χ0) is 14.7. The maximum Gasteiger partial charge on any atom is 0.221 e. The van der Waals surface area contributed by atoms with Crippen LogP contribution in [0.5, 0.6) is 0 Å². The van der Waals surface area contributed by atoms with Crippen LogP contribution in [0, 0.1) is 0 Å². The molecule has 2 nitrogen and oxygen atoms in total. The van der Waals surface area contributed by atoms with Crippen molar-refractivity contribution in [2.24, 2.45) is 0 Å². The van der Waals surface area contributed by atoms with Crippen LogP contribution in [-0.4, -0.2) is 11.9 Å². The van der Waals surface area contributed by atoms with Crippen molar-refractivity contribution in [3.8, 4) is 0 Å². The lowest BCUT2D eigenvalue weighted by atomic mass is 9.88. The molecule has 3 heteroatoms. The zero-order valence-electron chi connectivity index (χ0n) is 11.8. The third kappa shape index (κ3) is 3.64. The Morgan fingerprint density at radius 3 is 2.43 bits per heavy atom.